The van der Waals surface area contributed by atoms with Crippen LogP contribution in [0.4, 0.5) is 5.69 Å². The fourth-order valence-corrected chi connectivity index (χ4v) is 2.00. The smallest absolute Gasteiger partial charge is 0.139 e. The Balaban J connectivity index is 2.13. The molecule has 0 heterocycles. The number of benzene rings is 2. The molecule has 94 valence electrons. The van der Waals surface area contributed by atoms with Gasteiger partial charge in [0.15, 0.2) is 0 Å². The molecule has 0 saturated carbocycles. The van der Waals surface area contributed by atoms with Crippen molar-refractivity contribution in [3.05, 3.63) is 57.0 Å². The van der Waals surface area contributed by atoms with Crippen molar-refractivity contribution in [1.29, 1.82) is 0 Å². The molecule has 2 N–H and O–H groups in total. The Morgan fingerprint density at radius 1 is 0.944 bits per heavy atom. The van der Waals surface area contributed by atoms with Gasteiger partial charge in [0.2, 0.25) is 0 Å². The van der Waals surface area contributed by atoms with Crippen molar-refractivity contribution in [2.75, 3.05) is 5.73 Å². The van der Waals surface area contributed by atoms with E-state index in [9.17, 15) is 0 Å². The fourth-order valence-electron chi connectivity index (χ4n) is 1.42. The van der Waals surface area contributed by atoms with E-state index in [1.54, 1.807) is 30.3 Å². The number of hydrogen-bond acceptors (Lipinski definition) is 2. The molecule has 0 amide bonds. The van der Waals surface area contributed by atoms with Crippen molar-refractivity contribution in [2.24, 2.45) is 0 Å². The van der Waals surface area contributed by atoms with Crippen LogP contribution in [0.5, 0.6) is 5.75 Å². The molecule has 2 aromatic carbocycles. The summed E-state index contributed by atoms with van der Waals surface area (Å²) in [5.74, 6) is 0.525. The van der Waals surface area contributed by atoms with E-state index < -0.39 is 0 Å². The highest BCUT2D eigenvalue weighted by Crippen LogP contribution is 2.29. The van der Waals surface area contributed by atoms with E-state index in [1.807, 2.05) is 6.07 Å². The number of nitrogens with two attached hydrogens (primary N) is 1. The number of nitrogen functional groups attached to an aromatic ring is 1. The van der Waals surface area contributed by atoms with Crippen molar-refractivity contribution < 1.29 is 4.74 Å². The lowest BCUT2D eigenvalue weighted by molar-refractivity contribution is 0.306. The summed E-state index contributed by atoms with van der Waals surface area (Å²) in [7, 11) is 0. The molecule has 0 aliphatic carbocycles. The molecule has 0 radical (unpaired) electrons. The van der Waals surface area contributed by atoms with Gasteiger partial charge in [-0.1, -0.05) is 40.9 Å². The van der Waals surface area contributed by atoms with Gasteiger partial charge in [0.05, 0.1) is 5.02 Å². The Hall–Kier alpha value is -1.09. The SMILES string of the molecule is Nc1ccc(COc2cc(Cl)ccc2Cl)c(Cl)c1. The standard InChI is InChI=1S/C13H10Cl3NO/c14-9-2-4-11(15)13(5-9)18-7-8-1-3-10(17)6-12(8)16/h1-6H,7,17H2. The van der Waals surface area contributed by atoms with E-state index in [-0.39, 0.29) is 0 Å². The Bertz CT molecular complexity index is 572. The minimum Gasteiger partial charge on any atom is -0.487 e. The minimum absolute atomic E-state index is 0.305. The Morgan fingerprint density at radius 3 is 2.44 bits per heavy atom. The second-order valence-corrected chi connectivity index (χ2v) is 4.97. The molecule has 0 aromatic heterocycles. The monoisotopic (exact) mass is 301 g/mol. The normalized spacial score (nSPS) is 10.4. The second-order valence-electron chi connectivity index (χ2n) is 3.71. The number of hydrogen-bond donors (Lipinski definition) is 1. The number of anilines is 1. The maximum atomic E-state index is 6.05. The van der Waals surface area contributed by atoms with Gasteiger partial charge in [-0.05, 0) is 24.3 Å². The van der Waals surface area contributed by atoms with Gasteiger partial charge in [-0.15, -0.1) is 0 Å². The summed E-state index contributed by atoms with van der Waals surface area (Å²) < 4.78 is 5.58. The third-order valence-corrected chi connectivity index (χ3v) is 3.25. The van der Waals surface area contributed by atoms with Crippen LogP contribution < -0.4 is 10.5 Å². The summed E-state index contributed by atoms with van der Waals surface area (Å²) in [5, 5.41) is 1.64. The first-order valence-electron chi connectivity index (χ1n) is 5.18. The minimum atomic E-state index is 0.305. The highest BCUT2D eigenvalue weighted by molar-refractivity contribution is 6.34. The van der Waals surface area contributed by atoms with E-state index in [1.165, 1.54) is 0 Å². The van der Waals surface area contributed by atoms with Gasteiger partial charge in [0.1, 0.15) is 12.4 Å². The van der Waals surface area contributed by atoms with Crippen molar-refractivity contribution in [3.63, 3.8) is 0 Å². The predicted octanol–water partition coefficient (Wildman–Crippen LogP) is 4.81. The van der Waals surface area contributed by atoms with Gasteiger partial charge < -0.3 is 10.5 Å². The largest absolute Gasteiger partial charge is 0.487 e. The van der Waals surface area contributed by atoms with Crippen LogP contribution in [0.2, 0.25) is 15.1 Å². The van der Waals surface area contributed by atoms with E-state index >= 15 is 0 Å². The van der Waals surface area contributed by atoms with E-state index in [0.29, 0.717) is 33.1 Å². The Morgan fingerprint density at radius 2 is 1.72 bits per heavy atom. The maximum absolute atomic E-state index is 6.05. The maximum Gasteiger partial charge on any atom is 0.139 e. The van der Waals surface area contributed by atoms with E-state index in [4.69, 9.17) is 45.3 Å². The predicted molar refractivity (Wildman–Crippen MR) is 76.7 cm³/mol. The van der Waals surface area contributed by atoms with Gasteiger partial charge in [-0.2, -0.15) is 0 Å². The van der Waals surface area contributed by atoms with Crippen LogP contribution in [0.15, 0.2) is 36.4 Å². The summed E-state index contributed by atoms with van der Waals surface area (Å²) in [5.41, 5.74) is 7.07. The van der Waals surface area contributed by atoms with Gasteiger partial charge in [-0.3, -0.25) is 0 Å². The van der Waals surface area contributed by atoms with Gasteiger partial charge in [0, 0.05) is 27.4 Å². The zero-order chi connectivity index (χ0) is 13.1. The number of ether oxygens (including phenoxy) is 1. The second kappa shape index (κ2) is 5.70. The van der Waals surface area contributed by atoms with E-state index in [0.717, 1.165) is 5.56 Å². The molecule has 0 fully saturated rings. The topological polar surface area (TPSA) is 35.2 Å². The van der Waals surface area contributed by atoms with Crippen molar-refractivity contribution in [1.82, 2.24) is 0 Å². The first kappa shape index (κ1) is 13.3. The van der Waals surface area contributed by atoms with E-state index in [2.05, 4.69) is 0 Å². The van der Waals surface area contributed by atoms with Crippen LogP contribution in [0.25, 0.3) is 0 Å². The average molecular weight is 303 g/mol. The molecule has 0 aliphatic heterocycles. The van der Waals surface area contributed by atoms with Crippen molar-refractivity contribution >= 4 is 40.5 Å². The molecule has 0 unspecified atom stereocenters. The molecule has 18 heavy (non-hydrogen) atoms. The molecule has 0 saturated heterocycles. The molecular formula is C13H10Cl3NO. The molecular weight excluding hydrogens is 293 g/mol. The van der Waals surface area contributed by atoms with Gasteiger partial charge in [-0.25, -0.2) is 0 Å². The van der Waals surface area contributed by atoms with Crippen molar-refractivity contribution in [2.45, 2.75) is 6.61 Å². The molecule has 5 heteroatoms. The lowest BCUT2D eigenvalue weighted by Gasteiger charge is -2.10. The lowest BCUT2D eigenvalue weighted by Crippen LogP contribution is -1.97. The highest BCUT2D eigenvalue weighted by atomic mass is 35.5. The number of rotatable bonds is 3. The Kier molecular flexibility index (Phi) is 4.23. The van der Waals surface area contributed by atoms with Crippen molar-refractivity contribution in [3.8, 4) is 5.75 Å². The first-order chi connectivity index (χ1) is 8.56. The summed E-state index contributed by atoms with van der Waals surface area (Å²) in [6.45, 7) is 0.305. The molecule has 2 aromatic rings. The molecule has 0 aliphatic rings. The van der Waals surface area contributed by atoms with Gasteiger partial charge in [0.25, 0.3) is 0 Å². The summed E-state index contributed by atoms with van der Waals surface area (Å²) in [6.07, 6.45) is 0. The quantitative estimate of drug-likeness (QED) is 0.826. The van der Waals surface area contributed by atoms with Crippen LogP contribution >= 0.6 is 34.8 Å². The average Bonchev–Trinajstić information content (AvgIpc) is 2.32. The summed E-state index contributed by atoms with van der Waals surface area (Å²) in [4.78, 5) is 0. The molecule has 0 bridgehead atoms. The van der Waals surface area contributed by atoms with Crippen LogP contribution in [0.3, 0.4) is 0 Å². The van der Waals surface area contributed by atoms with Crippen LogP contribution in [-0.4, -0.2) is 0 Å². The highest BCUT2D eigenvalue weighted by Gasteiger charge is 2.05. The molecule has 0 spiro atoms. The molecule has 0 atom stereocenters. The summed E-state index contributed by atoms with van der Waals surface area (Å²) >= 11 is 17.9. The zero-order valence-corrected chi connectivity index (χ0v) is 11.6. The van der Waals surface area contributed by atoms with Gasteiger partial charge >= 0.3 is 0 Å². The third-order valence-electron chi connectivity index (χ3n) is 2.35. The summed E-state index contributed by atoms with van der Waals surface area (Å²) in [6, 6.07) is 10.3. The van der Waals surface area contributed by atoms with Crippen LogP contribution in [0.1, 0.15) is 5.56 Å². The Labute approximate surface area is 120 Å². The fraction of sp³-hybridized carbons (Fsp3) is 0.0769. The first-order valence-corrected chi connectivity index (χ1v) is 6.31. The molecule has 2 rings (SSSR count). The van der Waals surface area contributed by atoms with Crippen LogP contribution in [0, 0.1) is 0 Å². The number of halogens is 3. The zero-order valence-electron chi connectivity index (χ0n) is 9.29. The third kappa shape index (κ3) is 3.22. The molecule has 2 nitrogen and oxygen atoms in total. The lowest BCUT2D eigenvalue weighted by atomic mass is 10.2. The van der Waals surface area contributed by atoms with Crippen LogP contribution in [-0.2, 0) is 6.61 Å².